The number of rotatable bonds is 7. The van der Waals surface area contributed by atoms with Gasteiger partial charge in [-0.1, -0.05) is 24.4 Å². The highest BCUT2D eigenvalue weighted by Gasteiger charge is 2.45. The maximum atomic E-state index is 12.3. The van der Waals surface area contributed by atoms with E-state index in [0.717, 1.165) is 6.42 Å². The van der Waals surface area contributed by atoms with Crippen LogP contribution in [0.15, 0.2) is 18.2 Å². The van der Waals surface area contributed by atoms with Crippen molar-refractivity contribution in [2.24, 2.45) is 11.3 Å². The van der Waals surface area contributed by atoms with Crippen molar-refractivity contribution in [3.8, 4) is 5.75 Å². The Morgan fingerprint density at radius 1 is 1.29 bits per heavy atom. The molecule has 2 aliphatic carbocycles. The van der Waals surface area contributed by atoms with Crippen LogP contribution in [-0.4, -0.2) is 23.6 Å². The van der Waals surface area contributed by atoms with Crippen LogP contribution in [0.5, 0.6) is 5.75 Å². The van der Waals surface area contributed by atoms with E-state index >= 15 is 0 Å². The largest absolute Gasteiger partial charge is 0.491 e. The Morgan fingerprint density at radius 2 is 2.04 bits per heavy atom. The van der Waals surface area contributed by atoms with Crippen LogP contribution in [-0.2, 0) is 9.59 Å². The topological polar surface area (TPSA) is 75.6 Å². The predicted octanol–water partition coefficient (Wildman–Crippen LogP) is 4.10. The van der Waals surface area contributed by atoms with E-state index in [1.54, 1.807) is 18.2 Å². The van der Waals surface area contributed by atoms with E-state index in [1.807, 2.05) is 0 Å². The molecule has 1 aromatic rings. The van der Waals surface area contributed by atoms with Gasteiger partial charge in [0.15, 0.2) is 0 Å². The van der Waals surface area contributed by atoms with Gasteiger partial charge < -0.3 is 15.2 Å². The quantitative estimate of drug-likeness (QED) is 0.775. The summed E-state index contributed by atoms with van der Waals surface area (Å²) in [6, 6.07) is 5.11. The highest BCUT2D eigenvalue weighted by atomic mass is 35.5. The van der Waals surface area contributed by atoms with Crippen LogP contribution in [0.3, 0.4) is 0 Å². The maximum Gasteiger partial charge on any atom is 0.310 e. The second-order valence-electron chi connectivity index (χ2n) is 6.91. The molecule has 2 fully saturated rings. The van der Waals surface area contributed by atoms with Crippen LogP contribution in [0.4, 0.5) is 5.69 Å². The normalized spacial score (nSPS) is 19.0. The third-order valence-electron chi connectivity index (χ3n) is 5.18. The van der Waals surface area contributed by atoms with E-state index in [4.69, 9.17) is 16.3 Å². The monoisotopic (exact) mass is 351 g/mol. The smallest absolute Gasteiger partial charge is 0.310 e. The van der Waals surface area contributed by atoms with Gasteiger partial charge in [-0.25, -0.2) is 0 Å². The molecule has 0 spiro atoms. The van der Waals surface area contributed by atoms with Gasteiger partial charge >= 0.3 is 5.97 Å². The number of ether oxygens (including phenoxy) is 1. The number of amides is 1. The number of carboxylic acids is 1. The molecule has 24 heavy (non-hydrogen) atoms. The molecule has 5 nitrogen and oxygen atoms in total. The van der Waals surface area contributed by atoms with Crippen LogP contribution in [0.25, 0.3) is 0 Å². The van der Waals surface area contributed by atoms with Crippen molar-refractivity contribution in [1.29, 1.82) is 0 Å². The fourth-order valence-electron chi connectivity index (χ4n) is 3.16. The van der Waals surface area contributed by atoms with Gasteiger partial charge in [-0.05, 0) is 49.8 Å². The van der Waals surface area contributed by atoms with E-state index in [0.29, 0.717) is 41.8 Å². The van der Waals surface area contributed by atoms with Gasteiger partial charge in [0.1, 0.15) is 5.75 Å². The number of carbonyl (C=O) groups is 2. The van der Waals surface area contributed by atoms with E-state index in [9.17, 15) is 14.7 Å². The predicted molar refractivity (Wildman–Crippen MR) is 91.5 cm³/mol. The summed E-state index contributed by atoms with van der Waals surface area (Å²) in [5, 5.41) is 12.6. The lowest BCUT2D eigenvalue weighted by atomic mass is 9.66. The van der Waals surface area contributed by atoms with E-state index in [-0.39, 0.29) is 12.3 Å². The Morgan fingerprint density at radius 3 is 2.58 bits per heavy atom. The van der Waals surface area contributed by atoms with Crippen molar-refractivity contribution in [3.05, 3.63) is 23.2 Å². The maximum absolute atomic E-state index is 12.3. The van der Waals surface area contributed by atoms with Crippen molar-refractivity contribution in [2.45, 2.75) is 44.9 Å². The Bertz CT molecular complexity index is 638. The first-order valence-corrected chi connectivity index (χ1v) is 8.82. The van der Waals surface area contributed by atoms with Crippen molar-refractivity contribution >= 4 is 29.2 Å². The number of anilines is 1. The summed E-state index contributed by atoms with van der Waals surface area (Å²) in [6.07, 6.45) is 5.54. The fourth-order valence-corrected chi connectivity index (χ4v) is 3.34. The SMILES string of the molecule is O=C(CC1(C(=O)O)CCC1)Nc1cc(Cl)ccc1OCC1CCC1. The molecule has 130 valence electrons. The minimum Gasteiger partial charge on any atom is -0.491 e. The van der Waals surface area contributed by atoms with E-state index in [1.165, 1.54) is 19.3 Å². The molecule has 0 heterocycles. The van der Waals surface area contributed by atoms with Gasteiger partial charge in [0, 0.05) is 11.4 Å². The summed E-state index contributed by atoms with van der Waals surface area (Å²) >= 11 is 6.02. The van der Waals surface area contributed by atoms with E-state index in [2.05, 4.69) is 5.32 Å². The molecule has 0 bridgehead atoms. The second-order valence-corrected chi connectivity index (χ2v) is 7.35. The molecular formula is C18H22ClNO4. The third-order valence-corrected chi connectivity index (χ3v) is 5.41. The molecular weight excluding hydrogens is 330 g/mol. The number of nitrogens with one attached hydrogen (secondary N) is 1. The summed E-state index contributed by atoms with van der Waals surface area (Å²) < 4.78 is 5.83. The molecule has 0 aliphatic heterocycles. The molecule has 0 atom stereocenters. The highest BCUT2D eigenvalue weighted by molar-refractivity contribution is 6.31. The first-order chi connectivity index (χ1) is 11.5. The zero-order valence-corrected chi connectivity index (χ0v) is 14.3. The Hall–Kier alpha value is -1.75. The van der Waals surface area contributed by atoms with Gasteiger partial charge in [0.2, 0.25) is 5.91 Å². The van der Waals surface area contributed by atoms with Crippen molar-refractivity contribution in [1.82, 2.24) is 0 Å². The molecule has 2 aliphatic rings. The first-order valence-electron chi connectivity index (χ1n) is 8.44. The zero-order chi connectivity index (χ0) is 17.2. The third kappa shape index (κ3) is 3.66. The van der Waals surface area contributed by atoms with Gasteiger partial charge in [0.25, 0.3) is 0 Å². The van der Waals surface area contributed by atoms with Crippen LogP contribution >= 0.6 is 11.6 Å². The van der Waals surface area contributed by atoms with Crippen molar-refractivity contribution in [2.75, 3.05) is 11.9 Å². The lowest BCUT2D eigenvalue weighted by molar-refractivity contribution is -0.157. The molecule has 0 unspecified atom stereocenters. The summed E-state index contributed by atoms with van der Waals surface area (Å²) in [5.74, 6) is -0.0450. The zero-order valence-electron chi connectivity index (χ0n) is 13.5. The minimum absolute atomic E-state index is 0.0170. The summed E-state index contributed by atoms with van der Waals surface area (Å²) in [4.78, 5) is 23.7. The average Bonchev–Trinajstić information content (AvgIpc) is 2.43. The molecule has 0 radical (unpaired) electrons. The standard InChI is InChI=1S/C18H22ClNO4/c19-13-5-6-15(24-11-12-3-1-4-12)14(9-13)20-16(21)10-18(17(22)23)7-2-8-18/h5-6,9,12H,1-4,7-8,10-11H2,(H,20,21)(H,22,23). The molecule has 0 aromatic heterocycles. The highest BCUT2D eigenvalue weighted by Crippen LogP contribution is 2.44. The van der Waals surface area contributed by atoms with E-state index < -0.39 is 11.4 Å². The molecule has 6 heteroatoms. The van der Waals surface area contributed by atoms with Gasteiger partial charge in [-0.3, -0.25) is 9.59 Å². The summed E-state index contributed by atoms with van der Waals surface area (Å²) in [7, 11) is 0. The number of hydrogen-bond acceptors (Lipinski definition) is 3. The van der Waals surface area contributed by atoms with Crippen molar-refractivity contribution in [3.63, 3.8) is 0 Å². The number of aliphatic carboxylic acids is 1. The second kappa shape index (κ2) is 7.01. The average molecular weight is 352 g/mol. The molecule has 3 rings (SSSR count). The lowest BCUT2D eigenvalue weighted by Gasteiger charge is -2.37. The Labute approximate surface area is 146 Å². The molecule has 2 saturated carbocycles. The first kappa shape index (κ1) is 17.1. The number of halogens is 1. The number of benzene rings is 1. The summed E-state index contributed by atoms with van der Waals surface area (Å²) in [5.41, 5.74) is -0.401. The Balaban J connectivity index is 1.65. The number of hydrogen-bond donors (Lipinski definition) is 2. The lowest BCUT2D eigenvalue weighted by Crippen LogP contribution is -2.41. The van der Waals surface area contributed by atoms with Crippen LogP contribution in [0.1, 0.15) is 44.9 Å². The van der Waals surface area contributed by atoms with Crippen LogP contribution < -0.4 is 10.1 Å². The number of carbonyl (C=O) groups excluding carboxylic acids is 1. The number of carboxylic acid groups (broad SMARTS) is 1. The van der Waals surface area contributed by atoms with Crippen LogP contribution in [0.2, 0.25) is 5.02 Å². The molecule has 1 aromatic carbocycles. The molecule has 2 N–H and O–H groups in total. The summed E-state index contributed by atoms with van der Waals surface area (Å²) in [6.45, 7) is 0.629. The van der Waals surface area contributed by atoms with Crippen LogP contribution in [0, 0.1) is 11.3 Å². The van der Waals surface area contributed by atoms with Gasteiger partial charge in [0.05, 0.1) is 17.7 Å². The van der Waals surface area contributed by atoms with Crippen molar-refractivity contribution < 1.29 is 19.4 Å². The fraction of sp³-hybridized carbons (Fsp3) is 0.556. The molecule has 1 amide bonds. The van der Waals surface area contributed by atoms with Gasteiger partial charge in [-0.15, -0.1) is 0 Å². The molecule has 0 saturated heterocycles. The Kier molecular flexibility index (Phi) is 4.99. The minimum atomic E-state index is -0.907. The van der Waals surface area contributed by atoms with Gasteiger partial charge in [-0.2, -0.15) is 0 Å².